The predicted octanol–water partition coefficient (Wildman–Crippen LogP) is 3.11. The number of amidine groups is 1. The molecule has 3 heterocycles. The summed E-state index contributed by atoms with van der Waals surface area (Å²) < 4.78 is 10.7. The van der Waals surface area contributed by atoms with Crippen molar-refractivity contribution in [3.8, 4) is 11.5 Å². The minimum Gasteiger partial charge on any atom is -0.497 e. The van der Waals surface area contributed by atoms with Crippen molar-refractivity contribution in [3.63, 3.8) is 0 Å². The van der Waals surface area contributed by atoms with Crippen molar-refractivity contribution in [3.05, 3.63) is 18.2 Å². The number of carbonyl (C=O) groups excluding carboxylic acids is 2. The third-order valence-corrected chi connectivity index (χ3v) is 8.15. The summed E-state index contributed by atoms with van der Waals surface area (Å²) in [5.41, 5.74) is 0.622. The molecule has 7 nitrogen and oxygen atoms in total. The SMILES string of the molecule is COc1ccc(OC)c(N=C2SCCCN2C(=O)C2CSC3(C)CCC(=O)N23)c1. The van der Waals surface area contributed by atoms with Gasteiger partial charge in [0.2, 0.25) is 5.91 Å². The van der Waals surface area contributed by atoms with Crippen LogP contribution in [0.4, 0.5) is 5.69 Å². The lowest BCUT2D eigenvalue weighted by Gasteiger charge is -2.34. The van der Waals surface area contributed by atoms with Crippen LogP contribution in [0.15, 0.2) is 23.2 Å². The fourth-order valence-corrected chi connectivity index (χ4v) is 6.41. The van der Waals surface area contributed by atoms with Crippen LogP contribution in [0.25, 0.3) is 0 Å². The molecule has 0 saturated carbocycles. The Kier molecular flexibility index (Phi) is 5.70. The van der Waals surface area contributed by atoms with Gasteiger partial charge in [0, 0.05) is 30.5 Å². The van der Waals surface area contributed by atoms with Gasteiger partial charge in [0.1, 0.15) is 23.2 Å². The third-order valence-electron chi connectivity index (χ3n) is 5.59. The number of hydrogen-bond acceptors (Lipinski definition) is 7. The van der Waals surface area contributed by atoms with Gasteiger partial charge < -0.3 is 14.4 Å². The van der Waals surface area contributed by atoms with E-state index in [2.05, 4.69) is 6.92 Å². The summed E-state index contributed by atoms with van der Waals surface area (Å²) in [6.45, 7) is 2.67. The number of hydrogen-bond donors (Lipinski definition) is 0. The van der Waals surface area contributed by atoms with Gasteiger partial charge in [-0.3, -0.25) is 14.5 Å². The topological polar surface area (TPSA) is 71.4 Å². The van der Waals surface area contributed by atoms with Crippen LogP contribution in [0.5, 0.6) is 11.5 Å². The van der Waals surface area contributed by atoms with E-state index in [0.29, 0.717) is 41.1 Å². The fourth-order valence-electron chi connectivity index (χ4n) is 4.03. The molecule has 2 unspecified atom stereocenters. The summed E-state index contributed by atoms with van der Waals surface area (Å²) in [4.78, 5) is 34.0. The van der Waals surface area contributed by atoms with Crippen LogP contribution >= 0.6 is 23.5 Å². The zero-order valence-corrected chi connectivity index (χ0v) is 18.5. The second-order valence-corrected chi connectivity index (χ2v) is 9.95. The van der Waals surface area contributed by atoms with Crippen molar-refractivity contribution in [2.75, 3.05) is 32.3 Å². The van der Waals surface area contributed by atoms with Crippen LogP contribution in [-0.2, 0) is 9.59 Å². The molecular formula is C20H25N3O4S2. The Labute approximate surface area is 179 Å². The molecule has 0 radical (unpaired) electrons. The van der Waals surface area contributed by atoms with Gasteiger partial charge in [0.25, 0.3) is 5.91 Å². The maximum atomic E-state index is 13.5. The number of ether oxygens (including phenoxy) is 2. The largest absolute Gasteiger partial charge is 0.497 e. The van der Waals surface area contributed by atoms with E-state index in [1.54, 1.807) is 54.8 Å². The molecule has 9 heteroatoms. The first-order chi connectivity index (χ1) is 14.0. The maximum Gasteiger partial charge on any atom is 0.252 e. The molecule has 1 aromatic carbocycles. The normalized spacial score (nSPS) is 28.0. The maximum absolute atomic E-state index is 13.5. The van der Waals surface area contributed by atoms with E-state index >= 15 is 0 Å². The monoisotopic (exact) mass is 435 g/mol. The highest BCUT2D eigenvalue weighted by molar-refractivity contribution is 8.13. The molecule has 3 fully saturated rings. The molecule has 0 N–H and O–H groups in total. The van der Waals surface area contributed by atoms with Gasteiger partial charge in [-0.25, -0.2) is 4.99 Å². The lowest BCUT2D eigenvalue weighted by molar-refractivity contribution is -0.141. The molecule has 3 saturated heterocycles. The Hall–Kier alpha value is -1.87. The Morgan fingerprint density at radius 3 is 2.90 bits per heavy atom. The number of methoxy groups -OCH3 is 2. The molecule has 0 bridgehead atoms. The van der Waals surface area contributed by atoms with E-state index < -0.39 is 6.04 Å². The zero-order chi connectivity index (χ0) is 20.6. The lowest BCUT2D eigenvalue weighted by atomic mass is 10.2. The Morgan fingerprint density at radius 2 is 2.14 bits per heavy atom. The van der Waals surface area contributed by atoms with Gasteiger partial charge in [0.05, 0.1) is 19.1 Å². The molecule has 3 aliphatic rings. The molecule has 2 amide bonds. The van der Waals surface area contributed by atoms with Crippen LogP contribution in [0.3, 0.4) is 0 Å². The van der Waals surface area contributed by atoms with E-state index in [-0.39, 0.29) is 16.7 Å². The number of rotatable bonds is 4. The van der Waals surface area contributed by atoms with Crippen LogP contribution in [0, 0.1) is 0 Å². The van der Waals surface area contributed by atoms with Crippen molar-refractivity contribution in [2.24, 2.45) is 4.99 Å². The van der Waals surface area contributed by atoms with E-state index in [4.69, 9.17) is 14.5 Å². The standard InChI is InChI=1S/C20H25N3O4S2/c1-20-8-7-17(24)23(20)15(12-29-20)18(25)22-9-4-10-28-19(22)21-14-11-13(26-2)5-6-16(14)27-3/h5-6,11,15H,4,7-10,12H2,1-3H3. The van der Waals surface area contributed by atoms with Crippen molar-refractivity contribution in [1.82, 2.24) is 9.80 Å². The average molecular weight is 436 g/mol. The van der Waals surface area contributed by atoms with Crippen molar-refractivity contribution in [1.29, 1.82) is 0 Å². The number of aliphatic imine (C=N–C) groups is 1. The minimum absolute atomic E-state index is 0.0377. The van der Waals surface area contributed by atoms with E-state index in [1.807, 2.05) is 11.0 Å². The van der Waals surface area contributed by atoms with E-state index in [1.165, 1.54) is 0 Å². The van der Waals surface area contributed by atoms with Crippen LogP contribution in [-0.4, -0.2) is 70.0 Å². The Bertz CT molecular complexity index is 862. The molecule has 0 aliphatic carbocycles. The summed E-state index contributed by atoms with van der Waals surface area (Å²) >= 11 is 3.27. The molecule has 0 aromatic heterocycles. The van der Waals surface area contributed by atoms with Gasteiger partial charge in [-0.05, 0) is 31.9 Å². The molecule has 29 heavy (non-hydrogen) atoms. The van der Waals surface area contributed by atoms with E-state index in [0.717, 1.165) is 18.6 Å². The summed E-state index contributed by atoms with van der Waals surface area (Å²) in [6, 6.07) is 5.00. The van der Waals surface area contributed by atoms with Gasteiger partial charge in [0.15, 0.2) is 5.17 Å². The minimum atomic E-state index is -0.420. The smallest absolute Gasteiger partial charge is 0.252 e. The number of carbonyl (C=O) groups is 2. The summed E-state index contributed by atoms with van der Waals surface area (Å²) in [6.07, 6.45) is 2.22. The van der Waals surface area contributed by atoms with Gasteiger partial charge in [-0.1, -0.05) is 11.8 Å². The first kappa shape index (κ1) is 20.4. The summed E-state index contributed by atoms with van der Waals surface area (Å²) in [5.74, 6) is 2.87. The third kappa shape index (κ3) is 3.70. The number of benzene rings is 1. The van der Waals surface area contributed by atoms with E-state index in [9.17, 15) is 9.59 Å². The summed E-state index contributed by atoms with van der Waals surface area (Å²) in [5, 5.41) is 0.651. The first-order valence-corrected chi connectivity index (χ1v) is 11.6. The number of fused-ring (bicyclic) bond motifs is 1. The van der Waals surface area contributed by atoms with Crippen molar-refractivity contribution in [2.45, 2.75) is 37.1 Å². The van der Waals surface area contributed by atoms with Crippen LogP contribution in [0.2, 0.25) is 0 Å². The quantitative estimate of drug-likeness (QED) is 0.724. The predicted molar refractivity (Wildman–Crippen MR) is 116 cm³/mol. The second kappa shape index (κ2) is 8.10. The zero-order valence-electron chi connectivity index (χ0n) is 16.8. The summed E-state index contributed by atoms with van der Waals surface area (Å²) in [7, 11) is 3.20. The number of nitrogens with zero attached hydrogens (tertiary/aromatic N) is 3. The van der Waals surface area contributed by atoms with Gasteiger partial charge >= 0.3 is 0 Å². The number of amides is 2. The van der Waals surface area contributed by atoms with Crippen LogP contribution < -0.4 is 9.47 Å². The first-order valence-electron chi connectivity index (χ1n) is 9.68. The molecule has 3 aliphatic heterocycles. The average Bonchev–Trinajstić information content (AvgIpc) is 3.23. The second-order valence-electron chi connectivity index (χ2n) is 7.39. The highest BCUT2D eigenvalue weighted by Crippen LogP contribution is 2.47. The van der Waals surface area contributed by atoms with Gasteiger partial charge in [-0.15, -0.1) is 11.8 Å². The molecule has 1 aromatic rings. The molecular weight excluding hydrogens is 410 g/mol. The lowest BCUT2D eigenvalue weighted by Crippen LogP contribution is -2.53. The fraction of sp³-hybridized carbons (Fsp3) is 0.550. The molecule has 2 atom stereocenters. The molecule has 4 rings (SSSR count). The van der Waals surface area contributed by atoms with Gasteiger partial charge in [-0.2, -0.15) is 0 Å². The van der Waals surface area contributed by atoms with Crippen LogP contribution in [0.1, 0.15) is 26.2 Å². The number of thioether (sulfide) groups is 2. The van der Waals surface area contributed by atoms with Crippen molar-refractivity contribution >= 4 is 46.2 Å². The molecule has 0 spiro atoms. The molecule has 156 valence electrons. The Morgan fingerprint density at radius 1 is 1.31 bits per heavy atom. The Balaban J connectivity index is 1.64. The highest BCUT2D eigenvalue weighted by atomic mass is 32.2. The highest BCUT2D eigenvalue weighted by Gasteiger charge is 2.54. The van der Waals surface area contributed by atoms with Crippen molar-refractivity contribution < 1.29 is 19.1 Å².